The van der Waals surface area contributed by atoms with Crippen LogP contribution < -0.4 is 0 Å². The minimum Gasteiger partial charge on any atom is -0.494 e. The van der Waals surface area contributed by atoms with Gasteiger partial charge in [-0.25, -0.2) is 0 Å². The van der Waals surface area contributed by atoms with Crippen molar-refractivity contribution in [1.82, 2.24) is 4.98 Å². The van der Waals surface area contributed by atoms with Gasteiger partial charge < -0.3 is 15.2 Å². The first-order chi connectivity index (χ1) is 11.0. The topological polar surface area (TPSA) is 85.7 Å². The van der Waals surface area contributed by atoms with Crippen molar-refractivity contribution in [2.24, 2.45) is 4.99 Å². The van der Waals surface area contributed by atoms with Crippen molar-refractivity contribution in [1.29, 1.82) is 0 Å². The molecule has 5 nitrogen and oxygen atoms in total. The number of nitrogens with zero attached hydrogens (tertiary/aromatic N) is 1. The lowest BCUT2D eigenvalue weighted by Gasteiger charge is -1.98. The maximum atomic E-state index is 10.7. The molecule has 0 aliphatic heterocycles. The summed E-state index contributed by atoms with van der Waals surface area (Å²) < 4.78 is 0. The summed E-state index contributed by atoms with van der Waals surface area (Å²) in [6.07, 6.45) is 1.53. The number of aromatic amines is 1. The number of carboxylic acids is 1. The maximum Gasteiger partial charge on any atom is 0.307 e. The fraction of sp³-hybridized carbons (Fsp3) is 0.0588. The molecule has 0 atom stereocenters. The summed E-state index contributed by atoms with van der Waals surface area (Å²) in [5.74, 6) is -0.852. The second-order valence-electron chi connectivity index (χ2n) is 5.07. The Balaban J connectivity index is 1.89. The predicted octanol–water partition coefficient (Wildman–Crippen LogP) is 3.90. The van der Waals surface area contributed by atoms with E-state index in [0.717, 1.165) is 10.9 Å². The fourth-order valence-electron chi connectivity index (χ4n) is 2.32. The quantitative estimate of drug-likeness (QED) is 0.635. The first-order valence-electron chi connectivity index (χ1n) is 6.88. The Morgan fingerprint density at radius 3 is 2.65 bits per heavy atom. The number of aromatic hydroxyl groups is 1. The molecule has 23 heavy (non-hydrogen) atoms. The summed E-state index contributed by atoms with van der Waals surface area (Å²) in [6, 6.07) is 12.2. The van der Waals surface area contributed by atoms with Crippen LogP contribution in [0, 0.1) is 0 Å². The number of H-pyrrole nitrogens is 1. The summed E-state index contributed by atoms with van der Waals surface area (Å²) in [5.41, 5.74) is 2.69. The number of hydrogen-bond acceptors (Lipinski definition) is 3. The normalized spacial score (nSPS) is 11.3. The molecule has 6 heteroatoms. The van der Waals surface area contributed by atoms with Gasteiger partial charge in [0.2, 0.25) is 0 Å². The van der Waals surface area contributed by atoms with E-state index in [1.807, 2.05) is 0 Å². The Bertz CT molecular complexity index is 898. The van der Waals surface area contributed by atoms with Crippen LogP contribution in [-0.4, -0.2) is 27.4 Å². The number of hydrogen-bond donors (Lipinski definition) is 3. The zero-order valence-electron chi connectivity index (χ0n) is 12.0. The molecule has 0 bridgehead atoms. The minimum absolute atomic E-state index is 0.0218. The van der Waals surface area contributed by atoms with Crippen molar-refractivity contribution in [2.45, 2.75) is 6.42 Å². The largest absolute Gasteiger partial charge is 0.494 e. The molecular weight excluding hydrogens is 316 g/mol. The molecule has 0 saturated carbocycles. The lowest BCUT2D eigenvalue weighted by atomic mass is 10.1. The Kier molecular flexibility index (Phi) is 4.04. The molecule has 0 unspecified atom stereocenters. The van der Waals surface area contributed by atoms with Crippen LogP contribution in [0.5, 0.6) is 5.88 Å². The molecule has 0 saturated heterocycles. The second-order valence-corrected chi connectivity index (χ2v) is 5.51. The number of carbonyl (C=O) groups is 1. The second kappa shape index (κ2) is 6.14. The van der Waals surface area contributed by atoms with E-state index in [1.165, 1.54) is 0 Å². The number of nitrogens with one attached hydrogen (secondary N) is 1. The molecule has 0 aliphatic carbocycles. The molecule has 0 amide bonds. The monoisotopic (exact) mass is 328 g/mol. The third kappa shape index (κ3) is 3.35. The maximum absolute atomic E-state index is 10.7. The number of aliphatic carboxylic acids is 1. The number of aliphatic imine (C=N–C) groups is 1. The van der Waals surface area contributed by atoms with Gasteiger partial charge in [0.1, 0.15) is 0 Å². The Morgan fingerprint density at radius 2 is 1.96 bits per heavy atom. The summed E-state index contributed by atoms with van der Waals surface area (Å²) >= 11 is 5.99. The molecule has 2 aromatic carbocycles. The van der Waals surface area contributed by atoms with E-state index in [0.29, 0.717) is 21.8 Å². The van der Waals surface area contributed by atoms with Gasteiger partial charge in [-0.15, -0.1) is 0 Å². The number of benzene rings is 2. The summed E-state index contributed by atoms with van der Waals surface area (Å²) in [4.78, 5) is 17.8. The number of rotatable bonds is 4. The molecule has 3 rings (SSSR count). The zero-order chi connectivity index (χ0) is 16.4. The molecule has 3 aromatic rings. The molecule has 3 N–H and O–H groups in total. The fourth-order valence-corrected chi connectivity index (χ4v) is 2.49. The number of fused-ring (bicyclic) bond motifs is 1. The number of aromatic nitrogens is 1. The van der Waals surface area contributed by atoms with Crippen LogP contribution in [0.2, 0.25) is 5.02 Å². The van der Waals surface area contributed by atoms with Gasteiger partial charge in [0.15, 0.2) is 5.88 Å². The first kappa shape index (κ1) is 15.1. The van der Waals surface area contributed by atoms with E-state index in [-0.39, 0.29) is 12.3 Å². The highest BCUT2D eigenvalue weighted by Crippen LogP contribution is 2.28. The molecule has 0 aliphatic rings. The highest BCUT2D eigenvalue weighted by Gasteiger charge is 2.09. The SMILES string of the molecule is O=C(O)Cc1ccc(N=Cc2c(O)[nH]c3ccc(Cl)cc23)cc1. The van der Waals surface area contributed by atoms with Crippen LogP contribution in [0.1, 0.15) is 11.1 Å². The highest BCUT2D eigenvalue weighted by molar-refractivity contribution is 6.31. The van der Waals surface area contributed by atoms with Crippen LogP contribution in [-0.2, 0) is 11.2 Å². The Labute approximate surface area is 136 Å². The minimum atomic E-state index is -0.873. The number of halogens is 1. The van der Waals surface area contributed by atoms with Crippen molar-refractivity contribution in [3.05, 3.63) is 58.6 Å². The van der Waals surface area contributed by atoms with Gasteiger partial charge >= 0.3 is 5.97 Å². The van der Waals surface area contributed by atoms with Crippen LogP contribution >= 0.6 is 11.6 Å². The summed E-state index contributed by atoms with van der Waals surface area (Å²) in [6.45, 7) is 0. The number of carboxylic acid groups (broad SMARTS) is 1. The Hall–Kier alpha value is -2.79. The van der Waals surface area contributed by atoms with Crippen molar-refractivity contribution >= 4 is 40.4 Å². The Morgan fingerprint density at radius 1 is 1.22 bits per heavy atom. The standard InChI is InChI=1S/C17H13ClN2O3/c18-11-3-6-15-13(8-11)14(17(23)20-15)9-19-12-4-1-10(2-5-12)7-16(21)22/h1-6,8-9,20,23H,7H2,(H,21,22). The summed E-state index contributed by atoms with van der Waals surface area (Å²) in [7, 11) is 0. The molecule has 1 heterocycles. The molecule has 0 radical (unpaired) electrons. The van der Waals surface area contributed by atoms with E-state index in [1.54, 1.807) is 48.7 Å². The van der Waals surface area contributed by atoms with Crippen LogP contribution in [0.3, 0.4) is 0 Å². The smallest absolute Gasteiger partial charge is 0.307 e. The summed E-state index contributed by atoms with van der Waals surface area (Å²) in [5, 5.41) is 20.1. The molecular formula is C17H13ClN2O3. The van der Waals surface area contributed by atoms with E-state index in [2.05, 4.69) is 9.98 Å². The lowest BCUT2D eigenvalue weighted by molar-refractivity contribution is -0.136. The van der Waals surface area contributed by atoms with Crippen molar-refractivity contribution in [2.75, 3.05) is 0 Å². The average molecular weight is 329 g/mol. The van der Waals surface area contributed by atoms with Crippen molar-refractivity contribution in [3.63, 3.8) is 0 Å². The van der Waals surface area contributed by atoms with Gasteiger partial charge in [-0.3, -0.25) is 9.79 Å². The van der Waals surface area contributed by atoms with Crippen LogP contribution in [0.4, 0.5) is 5.69 Å². The highest BCUT2D eigenvalue weighted by atomic mass is 35.5. The van der Waals surface area contributed by atoms with E-state index < -0.39 is 5.97 Å². The van der Waals surface area contributed by atoms with Gasteiger partial charge in [-0.1, -0.05) is 23.7 Å². The third-order valence-corrected chi connectivity index (χ3v) is 3.65. The predicted molar refractivity (Wildman–Crippen MR) is 90.0 cm³/mol. The zero-order valence-corrected chi connectivity index (χ0v) is 12.7. The van der Waals surface area contributed by atoms with Gasteiger partial charge in [0.25, 0.3) is 0 Å². The average Bonchev–Trinajstić information content (AvgIpc) is 2.81. The first-order valence-corrected chi connectivity index (χ1v) is 7.26. The van der Waals surface area contributed by atoms with Gasteiger partial charge in [0, 0.05) is 22.1 Å². The third-order valence-electron chi connectivity index (χ3n) is 3.41. The van der Waals surface area contributed by atoms with E-state index >= 15 is 0 Å². The van der Waals surface area contributed by atoms with Crippen molar-refractivity contribution in [3.8, 4) is 5.88 Å². The lowest BCUT2D eigenvalue weighted by Crippen LogP contribution is -1.99. The van der Waals surface area contributed by atoms with E-state index in [9.17, 15) is 9.90 Å². The molecule has 0 spiro atoms. The van der Waals surface area contributed by atoms with Gasteiger partial charge in [-0.05, 0) is 35.9 Å². The van der Waals surface area contributed by atoms with Crippen molar-refractivity contribution < 1.29 is 15.0 Å². The molecule has 0 fully saturated rings. The molecule has 116 valence electrons. The van der Waals surface area contributed by atoms with Gasteiger partial charge in [0.05, 0.1) is 17.7 Å². The van der Waals surface area contributed by atoms with E-state index in [4.69, 9.17) is 16.7 Å². The van der Waals surface area contributed by atoms with Crippen LogP contribution in [0.15, 0.2) is 47.5 Å². The van der Waals surface area contributed by atoms with Gasteiger partial charge in [-0.2, -0.15) is 0 Å². The molecule has 1 aromatic heterocycles. The van der Waals surface area contributed by atoms with Crippen LogP contribution in [0.25, 0.3) is 10.9 Å².